The number of hydrogen-bond acceptors (Lipinski definition) is 6. The van der Waals surface area contributed by atoms with Crippen LogP contribution in [0.5, 0.6) is 0 Å². The molecule has 35 heavy (non-hydrogen) atoms. The molecule has 2 aromatic carbocycles. The summed E-state index contributed by atoms with van der Waals surface area (Å²) in [5.41, 5.74) is 4.26. The Kier molecular flexibility index (Phi) is 6.08. The molecule has 0 unspecified atom stereocenters. The highest BCUT2D eigenvalue weighted by molar-refractivity contribution is 5.83. The van der Waals surface area contributed by atoms with Crippen molar-refractivity contribution in [2.45, 2.75) is 26.3 Å². The van der Waals surface area contributed by atoms with Crippen molar-refractivity contribution in [1.29, 1.82) is 0 Å². The molecule has 5 rings (SSSR count). The maximum absolute atomic E-state index is 13.8. The molecule has 0 radical (unpaired) electrons. The largest absolute Gasteiger partial charge is 0.368 e. The Balaban J connectivity index is 1.44. The summed E-state index contributed by atoms with van der Waals surface area (Å²) in [4.78, 5) is 44.9. The van der Waals surface area contributed by atoms with Gasteiger partial charge < -0.3 is 19.6 Å². The molecule has 0 spiro atoms. The smallest absolute Gasteiger partial charge is 0.269 e. The third kappa shape index (κ3) is 4.42. The number of hydrogen-bond donors (Lipinski definition) is 0. The van der Waals surface area contributed by atoms with Gasteiger partial charge >= 0.3 is 0 Å². The maximum Gasteiger partial charge on any atom is 0.269 e. The SMILES string of the molecule is CC(=O)N1CCN(C(=O)[C@H]2Cc3cc([N+](=O)[O-])ccc3N3CCN(c4ccc(C)cc4)C[C@H]23)CC1. The van der Waals surface area contributed by atoms with Gasteiger partial charge in [-0.05, 0) is 37.1 Å². The first-order chi connectivity index (χ1) is 16.8. The van der Waals surface area contributed by atoms with E-state index in [4.69, 9.17) is 0 Å². The van der Waals surface area contributed by atoms with Crippen LogP contribution in [0.1, 0.15) is 18.1 Å². The van der Waals surface area contributed by atoms with Gasteiger partial charge in [0.2, 0.25) is 11.8 Å². The minimum Gasteiger partial charge on any atom is -0.368 e. The van der Waals surface area contributed by atoms with Crippen LogP contribution in [-0.4, -0.2) is 78.4 Å². The molecule has 9 heteroatoms. The van der Waals surface area contributed by atoms with E-state index in [1.165, 1.54) is 5.56 Å². The van der Waals surface area contributed by atoms with Gasteiger partial charge in [0.05, 0.1) is 16.9 Å². The van der Waals surface area contributed by atoms with Gasteiger partial charge in [0.15, 0.2) is 0 Å². The molecule has 0 saturated carbocycles. The predicted octanol–water partition coefficient (Wildman–Crippen LogP) is 2.46. The number of fused-ring (bicyclic) bond motifs is 3. The van der Waals surface area contributed by atoms with Crippen molar-refractivity contribution in [3.05, 3.63) is 63.7 Å². The van der Waals surface area contributed by atoms with E-state index in [2.05, 4.69) is 41.0 Å². The Labute approximate surface area is 205 Å². The second kappa shape index (κ2) is 9.20. The topological polar surface area (TPSA) is 90.2 Å². The second-order valence-corrected chi connectivity index (χ2v) is 9.75. The summed E-state index contributed by atoms with van der Waals surface area (Å²) >= 11 is 0. The van der Waals surface area contributed by atoms with Crippen molar-refractivity contribution in [1.82, 2.24) is 9.80 Å². The summed E-state index contributed by atoms with van der Waals surface area (Å²) in [6.07, 6.45) is 0.478. The highest BCUT2D eigenvalue weighted by atomic mass is 16.6. The van der Waals surface area contributed by atoms with E-state index in [-0.39, 0.29) is 34.4 Å². The van der Waals surface area contributed by atoms with Crippen molar-refractivity contribution >= 4 is 28.9 Å². The Morgan fingerprint density at radius 3 is 2.29 bits per heavy atom. The van der Waals surface area contributed by atoms with Crippen LogP contribution in [0.15, 0.2) is 42.5 Å². The van der Waals surface area contributed by atoms with Crippen molar-refractivity contribution in [2.75, 3.05) is 55.6 Å². The van der Waals surface area contributed by atoms with Gasteiger partial charge in [0.1, 0.15) is 0 Å². The number of carbonyl (C=O) groups is 2. The molecule has 9 nitrogen and oxygen atoms in total. The number of nitrogens with zero attached hydrogens (tertiary/aromatic N) is 5. The lowest BCUT2D eigenvalue weighted by Gasteiger charge is -2.50. The number of non-ortho nitro benzene ring substituents is 1. The van der Waals surface area contributed by atoms with E-state index >= 15 is 0 Å². The van der Waals surface area contributed by atoms with Crippen LogP contribution in [0.25, 0.3) is 0 Å². The molecule has 0 aromatic heterocycles. The summed E-state index contributed by atoms with van der Waals surface area (Å²) < 4.78 is 0. The molecule has 184 valence electrons. The van der Waals surface area contributed by atoms with Crippen LogP contribution >= 0.6 is 0 Å². The van der Waals surface area contributed by atoms with Crippen LogP contribution < -0.4 is 9.80 Å². The first-order valence-corrected chi connectivity index (χ1v) is 12.2. The first kappa shape index (κ1) is 23.1. The van der Waals surface area contributed by atoms with E-state index in [0.717, 1.165) is 30.0 Å². The number of benzene rings is 2. The monoisotopic (exact) mass is 477 g/mol. The fourth-order valence-electron chi connectivity index (χ4n) is 5.67. The van der Waals surface area contributed by atoms with E-state index in [1.807, 2.05) is 11.0 Å². The second-order valence-electron chi connectivity index (χ2n) is 9.75. The van der Waals surface area contributed by atoms with Crippen molar-refractivity contribution < 1.29 is 14.5 Å². The molecule has 0 aliphatic carbocycles. The zero-order valence-corrected chi connectivity index (χ0v) is 20.2. The number of nitro benzene ring substituents is 1. The van der Waals surface area contributed by atoms with E-state index in [1.54, 1.807) is 24.0 Å². The van der Waals surface area contributed by atoms with Gasteiger partial charge in [-0.3, -0.25) is 19.7 Å². The molecule has 2 atom stereocenters. The van der Waals surface area contributed by atoms with Gasteiger partial charge in [-0.15, -0.1) is 0 Å². The molecule has 2 fully saturated rings. The Morgan fingerprint density at radius 2 is 1.63 bits per heavy atom. The van der Waals surface area contributed by atoms with Crippen molar-refractivity contribution in [2.24, 2.45) is 5.92 Å². The van der Waals surface area contributed by atoms with E-state index in [9.17, 15) is 19.7 Å². The molecule has 2 aromatic rings. The minimum atomic E-state index is -0.375. The molecular formula is C26H31N5O4. The molecule has 3 aliphatic heterocycles. The summed E-state index contributed by atoms with van der Waals surface area (Å²) in [6.45, 7) is 8.01. The number of amides is 2. The average Bonchev–Trinajstić information content (AvgIpc) is 2.87. The molecule has 0 N–H and O–H groups in total. The lowest BCUT2D eigenvalue weighted by atomic mass is 9.82. The Bertz CT molecular complexity index is 1140. The van der Waals surface area contributed by atoms with Gasteiger partial charge in [-0.1, -0.05) is 17.7 Å². The third-order valence-corrected chi connectivity index (χ3v) is 7.66. The first-order valence-electron chi connectivity index (χ1n) is 12.2. The minimum absolute atomic E-state index is 0.0302. The zero-order valence-electron chi connectivity index (χ0n) is 20.2. The van der Waals surface area contributed by atoms with Crippen LogP contribution in [0.2, 0.25) is 0 Å². The predicted molar refractivity (Wildman–Crippen MR) is 134 cm³/mol. The number of anilines is 2. The fraction of sp³-hybridized carbons (Fsp3) is 0.462. The molecule has 3 heterocycles. The van der Waals surface area contributed by atoms with Crippen LogP contribution in [0, 0.1) is 23.0 Å². The molecular weight excluding hydrogens is 446 g/mol. The van der Waals surface area contributed by atoms with Crippen molar-refractivity contribution in [3.63, 3.8) is 0 Å². The van der Waals surface area contributed by atoms with Crippen LogP contribution in [0.3, 0.4) is 0 Å². The molecule has 2 saturated heterocycles. The van der Waals surface area contributed by atoms with E-state index < -0.39 is 0 Å². The highest BCUT2D eigenvalue weighted by Crippen LogP contribution is 2.39. The highest BCUT2D eigenvalue weighted by Gasteiger charge is 2.43. The number of nitro groups is 1. The quantitative estimate of drug-likeness (QED) is 0.498. The Hall–Kier alpha value is -3.62. The molecule has 0 bridgehead atoms. The number of carbonyl (C=O) groups excluding carboxylic acids is 2. The van der Waals surface area contributed by atoms with Gasteiger partial charge in [0, 0.05) is 76.2 Å². The lowest BCUT2D eigenvalue weighted by molar-refractivity contribution is -0.384. The average molecular weight is 478 g/mol. The Morgan fingerprint density at radius 1 is 0.943 bits per heavy atom. The molecule has 2 amide bonds. The summed E-state index contributed by atoms with van der Waals surface area (Å²) in [5.74, 6) is -0.198. The third-order valence-electron chi connectivity index (χ3n) is 7.66. The normalized spacial score (nSPS) is 21.9. The van der Waals surface area contributed by atoms with Crippen LogP contribution in [-0.2, 0) is 16.0 Å². The van der Waals surface area contributed by atoms with Crippen molar-refractivity contribution in [3.8, 4) is 0 Å². The summed E-state index contributed by atoms with van der Waals surface area (Å²) in [6, 6.07) is 13.5. The zero-order chi connectivity index (χ0) is 24.7. The van der Waals surface area contributed by atoms with E-state index in [0.29, 0.717) is 39.1 Å². The number of rotatable bonds is 3. The standard InChI is InChI=1S/C26H31N5O4/c1-18-3-5-21(6-4-18)29-13-14-30-24-8-7-22(31(34)35)15-20(24)16-23(25(30)17-29)26(33)28-11-9-27(10-12-28)19(2)32/h3-8,15,23,25H,9-14,16-17H2,1-2H3/t23-,25+/m0/s1. The van der Waals surface area contributed by atoms with Crippen LogP contribution in [0.4, 0.5) is 17.1 Å². The van der Waals surface area contributed by atoms with Gasteiger partial charge in [0.25, 0.3) is 5.69 Å². The summed E-state index contributed by atoms with van der Waals surface area (Å²) in [7, 11) is 0. The van der Waals surface area contributed by atoms with Gasteiger partial charge in [-0.25, -0.2) is 0 Å². The van der Waals surface area contributed by atoms with Gasteiger partial charge in [-0.2, -0.15) is 0 Å². The molecule has 3 aliphatic rings. The fourth-order valence-corrected chi connectivity index (χ4v) is 5.67. The summed E-state index contributed by atoms with van der Waals surface area (Å²) in [5, 5.41) is 11.4. The maximum atomic E-state index is 13.8. The number of piperazine rings is 2. The number of aryl methyl sites for hydroxylation is 1. The lowest BCUT2D eigenvalue weighted by Crippen LogP contribution is -2.62.